The number of nitrogens with one attached hydrogen (secondary N) is 1. The van der Waals surface area contributed by atoms with Crippen LogP contribution in [0.25, 0.3) is 0 Å². The number of nitriles is 1. The lowest BCUT2D eigenvalue weighted by atomic mass is 10.3. The second-order valence-corrected chi connectivity index (χ2v) is 4.66. The van der Waals surface area contributed by atoms with Gasteiger partial charge in [0, 0.05) is 12.1 Å². The van der Waals surface area contributed by atoms with Crippen LogP contribution >= 0.6 is 0 Å². The standard InChI is InChI=1S/C8H6FN3O4S/c9-7-2-1-6(12(13)14)5-8(7)11-17(15,16)4-3-10/h1-2,5,11H,4H2. The number of nitro benzene ring substituents is 1. The van der Waals surface area contributed by atoms with Crippen molar-refractivity contribution in [1.29, 1.82) is 5.26 Å². The predicted octanol–water partition coefficient (Wildman–Crippen LogP) is 0.999. The van der Waals surface area contributed by atoms with Gasteiger partial charge < -0.3 is 0 Å². The second-order valence-electron chi connectivity index (χ2n) is 2.94. The molecule has 0 aliphatic carbocycles. The molecule has 0 aliphatic heterocycles. The lowest BCUT2D eigenvalue weighted by Gasteiger charge is -2.05. The summed E-state index contributed by atoms with van der Waals surface area (Å²) in [5.74, 6) is -1.83. The summed E-state index contributed by atoms with van der Waals surface area (Å²) in [5.41, 5.74) is -1.02. The summed E-state index contributed by atoms with van der Waals surface area (Å²) in [5, 5.41) is 18.6. The fourth-order valence-electron chi connectivity index (χ4n) is 0.994. The summed E-state index contributed by atoms with van der Waals surface area (Å²) in [6.45, 7) is 0. The first-order chi connectivity index (χ1) is 7.85. The molecule has 0 fully saturated rings. The molecule has 0 spiro atoms. The lowest BCUT2D eigenvalue weighted by Crippen LogP contribution is -2.16. The minimum absolute atomic E-state index is 0.457. The molecule has 1 aromatic rings. The third kappa shape index (κ3) is 3.39. The minimum atomic E-state index is -4.02. The zero-order chi connectivity index (χ0) is 13.1. The Morgan fingerprint density at radius 2 is 2.18 bits per heavy atom. The van der Waals surface area contributed by atoms with Gasteiger partial charge in [0.1, 0.15) is 5.82 Å². The number of rotatable bonds is 4. The van der Waals surface area contributed by atoms with E-state index in [1.165, 1.54) is 6.07 Å². The topological polar surface area (TPSA) is 113 Å². The van der Waals surface area contributed by atoms with E-state index in [4.69, 9.17) is 5.26 Å². The van der Waals surface area contributed by atoms with E-state index in [-0.39, 0.29) is 0 Å². The van der Waals surface area contributed by atoms with Gasteiger partial charge in [-0.25, -0.2) is 12.8 Å². The number of hydrogen-bond acceptors (Lipinski definition) is 5. The molecule has 1 N–H and O–H groups in total. The number of anilines is 1. The summed E-state index contributed by atoms with van der Waals surface area (Å²) in [7, 11) is -4.02. The van der Waals surface area contributed by atoms with Crippen molar-refractivity contribution in [3.63, 3.8) is 0 Å². The van der Waals surface area contributed by atoms with E-state index >= 15 is 0 Å². The van der Waals surface area contributed by atoms with Gasteiger partial charge in [-0.05, 0) is 6.07 Å². The molecule has 0 aliphatic rings. The van der Waals surface area contributed by atoms with Crippen molar-refractivity contribution in [3.8, 4) is 6.07 Å². The molecule has 0 heterocycles. The van der Waals surface area contributed by atoms with Crippen molar-refractivity contribution in [2.24, 2.45) is 0 Å². The molecule has 90 valence electrons. The zero-order valence-electron chi connectivity index (χ0n) is 8.25. The molecule has 0 amide bonds. The third-order valence-corrected chi connectivity index (χ3v) is 2.72. The smallest absolute Gasteiger partial charge is 0.271 e. The maximum absolute atomic E-state index is 13.2. The monoisotopic (exact) mass is 259 g/mol. The molecule has 0 radical (unpaired) electrons. The highest BCUT2D eigenvalue weighted by Crippen LogP contribution is 2.22. The quantitative estimate of drug-likeness (QED) is 0.640. The number of nitrogens with zero attached hydrogens (tertiary/aromatic N) is 2. The number of sulfonamides is 1. The van der Waals surface area contributed by atoms with Gasteiger partial charge in [0.15, 0.2) is 5.75 Å². The van der Waals surface area contributed by atoms with Gasteiger partial charge in [-0.1, -0.05) is 0 Å². The molecule has 0 atom stereocenters. The Hall–Kier alpha value is -2.21. The van der Waals surface area contributed by atoms with Crippen molar-refractivity contribution in [2.75, 3.05) is 10.5 Å². The highest BCUT2D eigenvalue weighted by Gasteiger charge is 2.16. The van der Waals surface area contributed by atoms with Crippen LogP contribution < -0.4 is 4.72 Å². The molecule has 0 aromatic heterocycles. The average molecular weight is 259 g/mol. The Balaban J connectivity index is 3.11. The summed E-state index contributed by atoms with van der Waals surface area (Å²) in [6, 6.07) is 3.79. The van der Waals surface area contributed by atoms with E-state index in [0.717, 1.165) is 18.2 Å². The number of hydrogen-bond donors (Lipinski definition) is 1. The Labute approximate surface area is 95.7 Å². The van der Waals surface area contributed by atoms with Gasteiger partial charge in [-0.2, -0.15) is 5.26 Å². The first-order valence-corrected chi connectivity index (χ1v) is 5.82. The van der Waals surface area contributed by atoms with E-state index in [0.29, 0.717) is 0 Å². The fourth-order valence-corrected chi connectivity index (χ4v) is 1.73. The minimum Gasteiger partial charge on any atom is -0.279 e. The van der Waals surface area contributed by atoms with Crippen LogP contribution in [0.2, 0.25) is 0 Å². The predicted molar refractivity (Wildman–Crippen MR) is 56.1 cm³/mol. The van der Waals surface area contributed by atoms with Crippen LogP contribution in [0.1, 0.15) is 0 Å². The molecule has 0 unspecified atom stereocenters. The molecule has 17 heavy (non-hydrogen) atoms. The molecular weight excluding hydrogens is 253 g/mol. The summed E-state index contributed by atoms with van der Waals surface area (Å²) in [4.78, 5) is 9.62. The molecule has 1 rings (SSSR count). The lowest BCUT2D eigenvalue weighted by molar-refractivity contribution is -0.384. The molecular formula is C8H6FN3O4S. The maximum Gasteiger partial charge on any atom is 0.271 e. The molecule has 1 aromatic carbocycles. The van der Waals surface area contributed by atoms with Crippen molar-refractivity contribution < 1.29 is 17.7 Å². The number of nitro groups is 1. The third-order valence-electron chi connectivity index (χ3n) is 1.68. The van der Waals surface area contributed by atoms with Gasteiger partial charge in [-0.15, -0.1) is 0 Å². The molecule has 7 nitrogen and oxygen atoms in total. The number of benzene rings is 1. The Morgan fingerprint density at radius 3 is 2.71 bits per heavy atom. The van der Waals surface area contributed by atoms with E-state index in [2.05, 4.69) is 0 Å². The van der Waals surface area contributed by atoms with Crippen molar-refractivity contribution in [1.82, 2.24) is 0 Å². The molecule has 9 heteroatoms. The summed E-state index contributed by atoms with van der Waals surface area (Å²) < 4.78 is 37.3. The van der Waals surface area contributed by atoms with Crippen molar-refractivity contribution >= 4 is 21.4 Å². The van der Waals surface area contributed by atoms with E-state index in [1.54, 1.807) is 4.72 Å². The molecule has 0 saturated carbocycles. The number of non-ortho nitro benzene ring substituents is 1. The largest absolute Gasteiger partial charge is 0.279 e. The average Bonchev–Trinajstić information content (AvgIpc) is 2.20. The van der Waals surface area contributed by atoms with E-state index in [1.807, 2.05) is 0 Å². The van der Waals surface area contributed by atoms with Crippen molar-refractivity contribution in [2.45, 2.75) is 0 Å². The van der Waals surface area contributed by atoms with Crippen LogP contribution in [-0.4, -0.2) is 19.1 Å². The molecule has 0 bridgehead atoms. The van der Waals surface area contributed by atoms with E-state index in [9.17, 15) is 22.9 Å². The summed E-state index contributed by atoms with van der Waals surface area (Å²) in [6.07, 6.45) is 0. The zero-order valence-corrected chi connectivity index (χ0v) is 9.07. The maximum atomic E-state index is 13.2. The SMILES string of the molecule is N#CCS(=O)(=O)Nc1cc([N+](=O)[O-])ccc1F. The van der Waals surface area contributed by atoms with Gasteiger partial charge >= 0.3 is 0 Å². The van der Waals surface area contributed by atoms with Crippen LogP contribution in [-0.2, 0) is 10.0 Å². The molecule has 0 saturated heterocycles. The Bertz CT molecular complexity index is 593. The first-order valence-electron chi connectivity index (χ1n) is 4.17. The van der Waals surface area contributed by atoms with Crippen molar-refractivity contribution in [3.05, 3.63) is 34.1 Å². The van der Waals surface area contributed by atoms with Crippen LogP contribution in [0.4, 0.5) is 15.8 Å². The van der Waals surface area contributed by atoms with Gasteiger partial charge in [0.05, 0.1) is 16.7 Å². The van der Waals surface area contributed by atoms with Crippen LogP contribution in [0.3, 0.4) is 0 Å². The Morgan fingerprint density at radius 1 is 1.53 bits per heavy atom. The summed E-state index contributed by atoms with van der Waals surface area (Å²) >= 11 is 0. The first kappa shape index (κ1) is 12.9. The fraction of sp³-hybridized carbons (Fsp3) is 0.125. The highest BCUT2D eigenvalue weighted by molar-refractivity contribution is 7.92. The van der Waals surface area contributed by atoms with E-state index < -0.39 is 37.9 Å². The van der Waals surface area contributed by atoms with Gasteiger partial charge in [-0.3, -0.25) is 14.8 Å². The highest BCUT2D eigenvalue weighted by atomic mass is 32.2. The van der Waals surface area contributed by atoms with Gasteiger partial charge in [0.2, 0.25) is 10.0 Å². The van der Waals surface area contributed by atoms with Crippen LogP contribution in [0.5, 0.6) is 0 Å². The number of halogens is 1. The van der Waals surface area contributed by atoms with Crippen LogP contribution in [0.15, 0.2) is 18.2 Å². The normalized spacial score (nSPS) is 10.6. The van der Waals surface area contributed by atoms with Crippen LogP contribution in [0, 0.1) is 27.3 Å². The van der Waals surface area contributed by atoms with Gasteiger partial charge in [0.25, 0.3) is 5.69 Å². The second kappa shape index (κ2) is 4.75. The Kier molecular flexibility index (Phi) is 3.59.